The van der Waals surface area contributed by atoms with Crippen LogP contribution in [0.4, 0.5) is 0 Å². The largest absolute Gasteiger partial charge is 0.370 e. The van der Waals surface area contributed by atoms with Crippen LogP contribution < -0.4 is 10.6 Å². The van der Waals surface area contributed by atoms with E-state index in [4.69, 9.17) is 9.73 Å². The average molecular weight is 409 g/mol. The van der Waals surface area contributed by atoms with E-state index >= 15 is 0 Å². The first-order valence-electron chi connectivity index (χ1n) is 10.5. The molecule has 0 aromatic heterocycles. The first-order chi connectivity index (χ1) is 14.5. The summed E-state index contributed by atoms with van der Waals surface area (Å²) in [5.41, 5.74) is 5.41. The number of nitrogens with one attached hydrogen (secondary N) is 2. The monoisotopic (exact) mass is 408 g/mol. The van der Waals surface area contributed by atoms with E-state index in [0.717, 1.165) is 31.2 Å². The highest BCUT2D eigenvalue weighted by atomic mass is 16.5. The average Bonchev–Trinajstić information content (AvgIpc) is 2.76. The molecule has 2 aromatic rings. The Kier molecular flexibility index (Phi) is 7.46. The molecule has 1 unspecified atom stereocenters. The second-order valence-electron chi connectivity index (χ2n) is 7.62. The van der Waals surface area contributed by atoms with Gasteiger partial charge in [-0.1, -0.05) is 35.9 Å². The molecule has 1 fully saturated rings. The van der Waals surface area contributed by atoms with Crippen molar-refractivity contribution in [3.63, 3.8) is 0 Å². The maximum Gasteiger partial charge on any atom is 0.251 e. The zero-order valence-electron chi connectivity index (χ0n) is 18.4. The lowest BCUT2D eigenvalue weighted by Crippen LogP contribution is -2.48. The molecule has 1 atom stereocenters. The lowest BCUT2D eigenvalue weighted by atomic mass is 10.00. The number of hydrogen-bond donors (Lipinski definition) is 2. The van der Waals surface area contributed by atoms with Gasteiger partial charge in [-0.3, -0.25) is 4.79 Å². The van der Waals surface area contributed by atoms with Crippen molar-refractivity contribution in [2.45, 2.75) is 33.4 Å². The number of morpholine rings is 1. The molecule has 0 bridgehead atoms. The highest BCUT2D eigenvalue weighted by Gasteiger charge is 2.25. The summed E-state index contributed by atoms with van der Waals surface area (Å²) in [4.78, 5) is 19.0. The van der Waals surface area contributed by atoms with Gasteiger partial charge in [-0.15, -0.1) is 0 Å². The first-order valence-corrected chi connectivity index (χ1v) is 10.5. The maximum atomic E-state index is 11.9. The first kappa shape index (κ1) is 21.8. The van der Waals surface area contributed by atoms with Crippen LogP contribution in [-0.2, 0) is 11.3 Å². The highest BCUT2D eigenvalue weighted by molar-refractivity contribution is 5.94. The van der Waals surface area contributed by atoms with Crippen LogP contribution in [0.3, 0.4) is 0 Å². The summed E-state index contributed by atoms with van der Waals surface area (Å²) >= 11 is 0. The number of benzene rings is 2. The minimum atomic E-state index is -0.0859. The standard InChI is InChI=1S/C24H32N4O2/c1-5-26-24(27-15-19-7-6-8-20(14-19)23(29)25-4)28-11-12-30-22(16-28)21-10-9-17(2)13-18(21)3/h6-10,13-14,22H,5,11-12,15-16H2,1-4H3,(H,25,29)(H,26,27). The number of nitrogens with zero attached hydrogens (tertiary/aromatic N) is 2. The lowest BCUT2D eigenvalue weighted by molar-refractivity contribution is -0.00834. The Morgan fingerprint density at radius 3 is 2.80 bits per heavy atom. The van der Waals surface area contributed by atoms with Gasteiger partial charge in [0.15, 0.2) is 5.96 Å². The van der Waals surface area contributed by atoms with Crippen LogP contribution in [0.25, 0.3) is 0 Å². The summed E-state index contributed by atoms with van der Waals surface area (Å²) in [6.45, 7) is 9.85. The number of rotatable bonds is 5. The van der Waals surface area contributed by atoms with Crippen molar-refractivity contribution in [3.8, 4) is 0 Å². The molecular weight excluding hydrogens is 376 g/mol. The number of amides is 1. The summed E-state index contributed by atoms with van der Waals surface area (Å²) in [6, 6.07) is 14.1. The summed E-state index contributed by atoms with van der Waals surface area (Å²) in [7, 11) is 1.64. The summed E-state index contributed by atoms with van der Waals surface area (Å²) < 4.78 is 6.09. The molecule has 1 aliphatic heterocycles. The third-order valence-electron chi connectivity index (χ3n) is 5.30. The third-order valence-corrected chi connectivity index (χ3v) is 5.30. The Morgan fingerprint density at radius 1 is 1.23 bits per heavy atom. The molecule has 0 aliphatic carbocycles. The van der Waals surface area contributed by atoms with E-state index in [1.807, 2.05) is 24.3 Å². The summed E-state index contributed by atoms with van der Waals surface area (Å²) in [6.07, 6.45) is 0.0276. The SMILES string of the molecule is CCNC(=NCc1cccc(C(=O)NC)c1)N1CCOC(c2ccc(C)cc2C)C1. The van der Waals surface area contributed by atoms with Crippen LogP contribution in [0, 0.1) is 13.8 Å². The van der Waals surface area contributed by atoms with Crippen LogP contribution in [0.15, 0.2) is 47.5 Å². The van der Waals surface area contributed by atoms with Crippen LogP contribution >= 0.6 is 0 Å². The molecule has 0 saturated carbocycles. The second-order valence-corrected chi connectivity index (χ2v) is 7.62. The van der Waals surface area contributed by atoms with Crippen molar-refractivity contribution in [1.82, 2.24) is 15.5 Å². The van der Waals surface area contributed by atoms with Gasteiger partial charge in [-0.2, -0.15) is 0 Å². The summed E-state index contributed by atoms with van der Waals surface area (Å²) in [5, 5.41) is 6.07. The van der Waals surface area contributed by atoms with E-state index in [1.165, 1.54) is 16.7 Å². The lowest BCUT2D eigenvalue weighted by Gasteiger charge is -2.36. The number of carbonyl (C=O) groups is 1. The molecule has 1 saturated heterocycles. The van der Waals surface area contributed by atoms with Gasteiger partial charge in [-0.25, -0.2) is 4.99 Å². The Hall–Kier alpha value is -2.86. The van der Waals surface area contributed by atoms with E-state index in [1.54, 1.807) is 7.05 Å². The number of guanidine groups is 1. The molecule has 3 rings (SSSR count). The van der Waals surface area contributed by atoms with E-state index < -0.39 is 0 Å². The molecule has 1 aliphatic rings. The molecule has 30 heavy (non-hydrogen) atoms. The van der Waals surface area contributed by atoms with Gasteiger partial charge in [0.25, 0.3) is 5.91 Å². The van der Waals surface area contributed by atoms with Crippen molar-refractivity contribution in [3.05, 3.63) is 70.3 Å². The fourth-order valence-electron chi connectivity index (χ4n) is 3.76. The van der Waals surface area contributed by atoms with Gasteiger partial charge >= 0.3 is 0 Å². The van der Waals surface area contributed by atoms with Crippen molar-refractivity contribution in [2.75, 3.05) is 33.3 Å². The fraction of sp³-hybridized carbons (Fsp3) is 0.417. The molecule has 1 heterocycles. The van der Waals surface area contributed by atoms with Crippen molar-refractivity contribution < 1.29 is 9.53 Å². The predicted octanol–water partition coefficient (Wildman–Crippen LogP) is 3.20. The zero-order chi connectivity index (χ0) is 21.5. The number of ether oxygens (including phenoxy) is 1. The quantitative estimate of drug-likeness (QED) is 0.589. The van der Waals surface area contributed by atoms with Gasteiger partial charge in [0, 0.05) is 25.7 Å². The number of hydrogen-bond acceptors (Lipinski definition) is 3. The van der Waals surface area contributed by atoms with E-state index in [2.05, 4.69) is 54.5 Å². The van der Waals surface area contributed by atoms with Crippen molar-refractivity contribution >= 4 is 11.9 Å². The third kappa shape index (κ3) is 5.39. The maximum absolute atomic E-state index is 11.9. The molecule has 2 N–H and O–H groups in total. The van der Waals surface area contributed by atoms with Crippen molar-refractivity contribution in [2.24, 2.45) is 4.99 Å². The van der Waals surface area contributed by atoms with Gasteiger partial charge in [0.2, 0.25) is 0 Å². The minimum Gasteiger partial charge on any atom is -0.370 e. The Balaban J connectivity index is 1.75. The van der Waals surface area contributed by atoms with Gasteiger partial charge in [0.05, 0.1) is 19.7 Å². The van der Waals surface area contributed by atoms with Gasteiger partial charge < -0.3 is 20.3 Å². The number of aryl methyl sites for hydroxylation is 2. The highest BCUT2D eigenvalue weighted by Crippen LogP contribution is 2.26. The van der Waals surface area contributed by atoms with Crippen LogP contribution in [-0.4, -0.2) is 50.1 Å². The van der Waals surface area contributed by atoms with Gasteiger partial charge in [0.1, 0.15) is 6.10 Å². The molecule has 1 amide bonds. The van der Waals surface area contributed by atoms with E-state index in [0.29, 0.717) is 18.7 Å². The topological polar surface area (TPSA) is 66.0 Å². The fourth-order valence-corrected chi connectivity index (χ4v) is 3.76. The van der Waals surface area contributed by atoms with E-state index in [9.17, 15) is 4.79 Å². The van der Waals surface area contributed by atoms with Crippen LogP contribution in [0.1, 0.15) is 45.6 Å². The summed E-state index contributed by atoms with van der Waals surface area (Å²) in [5.74, 6) is 0.790. The van der Waals surface area contributed by atoms with Gasteiger partial charge in [-0.05, 0) is 49.6 Å². The van der Waals surface area contributed by atoms with E-state index in [-0.39, 0.29) is 12.0 Å². The molecule has 160 valence electrons. The van der Waals surface area contributed by atoms with Crippen LogP contribution in [0.2, 0.25) is 0 Å². The van der Waals surface area contributed by atoms with Crippen molar-refractivity contribution in [1.29, 1.82) is 0 Å². The van der Waals surface area contributed by atoms with Crippen LogP contribution in [0.5, 0.6) is 0 Å². The normalized spacial score (nSPS) is 17.0. The molecule has 6 nitrogen and oxygen atoms in total. The zero-order valence-corrected chi connectivity index (χ0v) is 18.4. The number of carbonyl (C=O) groups excluding carboxylic acids is 1. The molecule has 2 aromatic carbocycles. The number of aliphatic imine (C=N–C) groups is 1. The molecule has 0 spiro atoms. The second kappa shape index (κ2) is 10.3. The smallest absolute Gasteiger partial charge is 0.251 e. The Labute approximate surface area is 179 Å². The Morgan fingerprint density at radius 2 is 2.07 bits per heavy atom. The molecule has 6 heteroatoms. The Bertz CT molecular complexity index is 910. The predicted molar refractivity (Wildman–Crippen MR) is 121 cm³/mol. The molecular formula is C24H32N4O2. The molecule has 0 radical (unpaired) electrons. The minimum absolute atomic E-state index is 0.0276.